The van der Waals surface area contributed by atoms with Crippen LogP contribution in [0.2, 0.25) is 0 Å². The summed E-state index contributed by atoms with van der Waals surface area (Å²) in [5, 5.41) is 3.02. The molecule has 1 aromatic heterocycles. The zero-order valence-corrected chi connectivity index (χ0v) is 16.4. The van der Waals surface area contributed by atoms with Gasteiger partial charge in [0.05, 0.1) is 30.5 Å². The standard InChI is InChI=1S/C21H20N4O5/c1-3-29-21(27)15-6-4-5-7-16(15)25-18-17(22)19(24-12-23-18)30-14-10-8-13(9-11-14)20(26)28-2/h4-12H,3,22H2,1-2H3,(H,23,24,25). The number of hydrogen-bond acceptors (Lipinski definition) is 9. The van der Waals surface area contributed by atoms with Gasteiger partial charge in [-0.3, -0.25) is 0 Å². The van der Waals surface area contributed by atoms with Crippen molar-refractivity contribution in [2.45, 2.75) is 6.92 Å². The molecule has 0 aliphatic heterocycles. The highest BCUT2D eigenvalue weighted by molar-refractivity contribution is 5.97. The first kappa shape index (κ1) is 20.6. The minimum Gasteiger partial charge on any atom is -0.465 e. The van der Waals surface area contributed by atoms with Crippen LogP contribution in [0.1, 0.15) is 27.6 Å². The molecule has 0 saturated carbocycles. The number of nitrogens with zero attached hydrogens (tertiary/aromatic N) is 2. The largest absolute Gasteiger partial charge is 0.465 e. The van der Waals surface area contributed by atoms with Gasteiger partial charge < -0.3 is 25.3 Å². The van der Waals surface area contributed by atoms with Gasteiger partial charge in [-0.1, -0.05) is 12.1 Å². The zero-order chi connectivity index (χ0) is 21.5. The summed E-state index contributed by atoms with van der Waals surface area (Å²) in [6.07, 6.45) is 1.28. The third kappa shape index (κ3) is 4.64. The molecule has 3 N–H and O–H groups in total. The van der Waals surface area contributed by atoms with E-state index in [-0.39, 0.29) is 24.0 Å². The van der Waals surface area contributed by atoms with Crippen molar-refractivity contribution < 1.29 is 23.8 Å². The average molecular weight is 408 g/mol. The lowest BCUT2D eigenvalue weighted by atomic mass is 10.2. The summed E-state index contributed by atoms with van der Waals surface area (Å²) in [6, 6.07) is 13.2. The fraction of sp³-hybridized carbons (Fsp3) is 0.143. The lowest BCUT2D eigenvalue weighted by Crippen LogP contribution is -2.09. The maximum atomic E-state index is 12.2. The van der Waals surface area contributed by atoms with Crippen molar-refractivity contribution in [3.8, 4) is 11.6 Å². The number of rotatable bonds is 7. The molecule has 30 heavy (non-hydrogen) atoms. The van der Waals surface area contributed by atoms with E-state index in [1.807, 2.05) is 0 Å². The molecule has 3 rings (SSSR count). The van der Waals surface area contributed by atoms with Crippen molar-refractivity contribution >= 4 is 29.1 Å². The van der Waals surface area contributed by atoms with Gasteiger partial charge in [0.15, 0.2) is 5.82 Å². The van der Waals surface area contributed by atoms with Crippen LogP contribution >= 0.6 is 0 Å². The van der Waals surface area contributed by atoms with E-state index in [2.05, 4.69) is 20.0 Å². The summed E-state index contributed by atoms with van der Waals surface area (Å²) in [5.41, 5.74) is 7.52. The fourth-order valence-corrected chi connectivity index (χ4v) is 2.56. The SMILES string of the molecule is CCOC(=O)c1ccccc1Nc1ncnc(Oc2ccc(C(=O)OC)cc2)c1N. The lowest BCUT2D eigenvalue weighted by molar-refractivity contribution is 0.0526. The van der Waals surface area contributed by atoms with Crippen LogP contribution in [0.15, 0.2) is 54.9 Å². The molecular weight excluding hydrogens is 388 g/mol. The summed E-state index contributed by atoms with van der Waals surface area (Å²) >= 11 is 0. The summed E-state index contributed by atoms with van der Waals surface area (Å²) in [6.45, 7) is 1.99. The Kier molecular flexibility index (Phi) is 6.43. The first-order valence-corrected chi connectivity index (χ1v) is 9.03. The lowest BCUT2D eigenvalue weighted by Gasteiger charge is -2.14. The Labute approximate surface area is 172 Å². The second-order valence-corrected chi connectivity index (χ2v) is 5.95. The molecule has 0 fully saturated rings. The van der Waals surface area contributed by atoms with Crippen molar-refractivity contribution in [3.63, 3.8) is 0 Å². The van der Waals surface area contributed by atoms with E-state index in [1.54, 1.807) is 55.5 Å². The molecule has 0 radical (unpaired) electrons. The number of carbonyl (C=O) groups is 2. The van der Waals surface area contributed by atoms with Crippen LogP contribution in [0.5, 0.6) is 11.6 Å². The van der Waals surface area contributed by atoms with Crippen molar-refractivity contribution in [1.29, 1.82) is 0 Å². The van der Waals surface area contributed by atoms with Gasteiger partial charge >= 0.3 is 11.9 Å². The summed E-state index contributed by atoms with van der Waals surface area (Å²) < 4.78 is 15.5. The molecule has 9 nitrogen and oxygen atoms in total. The Morgan fingerprint density at radius 1 is 1.03 bits per heavy atom. The zero-order valence-electron chi connectivity index (χ0n) is 16.4. The number of aromatic nitrogens is 2. The molecule has 0 bridgehead atoms. The van der Waals surface area contributed by atoms with E-state index in [0.717, 1.165) is 0 Å². The van der Waals surface area contributed by atoms with E-state index >= 15 is 0 Å². The van der Waals surface area contributed by atoms with Crippen molar-refractivity contribution in [2.75, 3.05) is 24.8 Å². The number of methoxy groups -OCH3 is 1. The second-order valence-electron chi connectivity index (χ2n) is 5.95. The Morgan fingerprint density at radius 3 is 2.47 bits per heavy atom. The number of nitrogens with one attached hydrogen (secondary N) is 1. The van der Waals surface area contributed by atoms with E-state index in [0.29, 0.717) is 22.6 Å². The van der Waals surface area contributed by atoms with Gasteiger partial charge in [-0.05, 0) is 43.3 Å². The van der Waals surface area contributed by atoms with E-state index in [1.165, 1.54) is 13.4 Å². The van der Waals surface area contributed by atoms with Crippen molar-refractivity contribution in [1.82, 2.24) is 9.97 Å². The van der Waals surface area contributed by atoms with Crippen LogP contribution in [-0.4, -0.2) is 35.6 Å². The number of benzene rings is 2. The Hall–Kier alpha value is -4.14. The topological polar surface area (TPSA) is 126 Å². The minimum absolute atomic E-state index is 0.118. The van der Waals surface area contributed by atoms with Crippen LogP contribution in [-0.2, 0) is 9.47 Å². The number of anilines is 3. The molecule has 1 heterocycles. The molecule has 0 atom stereocenters. The molecule has 3 aromatic rings. The normalized spacial score (nSPS) is 10.2. The average Bonchev–Trinajstić information content (AvgIpc) is 2.77. The molecule has 0 amide bonds. The van der Waals surface area contributed by atoms with Gasteiger partial charge in [-0.25, -0.2) is 14.6 Å². The smallest absolute Gasteiger partial charge is 0.340 e. The van der Waals surface area contributed by atoms with Crippen LogP contribution in [0.3, 0.4) is 0 Å². The Bertz CT molecular complexity index is 1050. The third-order valence-corrected chi connectivity index (χ3v) is 4.01. The van der Waals surface area contributed by atoms with Crippen LogP contribution in [0, 0.1) is 0 Å². The molecule has 2 aromatic carbocycles. The first-order chi connectivity index (χ1) is 14.5. The summed E-state index contributed by atoms with van der Waals surface area (Å²) in [5.74, 6) is -0.106. The van der Waals surface area contributed by atoms with Gasteiger partial charge in [0, 0.05) is 0 Å². The molecule has 0 aliphatic carbocycles. The first-order valence-electron chi connectivity index (χ1n) is 9.03. The van der Waals surface area contributed by atoms with Crippen LogP contribution < -0.4 is 15.8 Å². The fourth-order valence-electron chi connectivity index (χ4n) is 2.56. The summed E-state index contributed by atoms with van der Waals surface area (Å²) in [7, 11) is 1.31. The molecular formula is C21H20N4O5. The van der Waals surface area contributed by atoms with Crippen LogP contribution in [0.4, 0.5) is 17.2 Å². The van der Waals surface area contributed by atoms with Crippen molar-refractivity contribution in [2.24, 2.45) is 0 Å². The monoisotopic (exact) mass is 408 g/mol. The van der Waals surface area contributed by atoms with E-state index in [9.17, 15) is 9.59 Å². The highest BCUT2D eigenvalue weighted by atomic mass is 16.5. The van der Waals surface area contributed by atoms with Gasteiger partial charge in [-0.2, -0.15) is 4.98 Å². The Morgan fingerprint density at radius 2 is 1.77 bits per heavy atom. The quantitative estimate of drug-likeness (QED) is 0.564. The number of hydrogen-bond donors (Lipinski definition) is 2. The number of nitrogens with two attached hydrogens (primary N) is 1. The molecule has 0 spiro atoms. The molecule has 0 saturated heterocycles. The van der Waals surface area contributed by atoms with E-state index < -0.39 is 11.9 Å². The molecule has 0 aliphatic rings. The van der Waals surface area contributed by atoms with Gasteiger partial charge in [0.1, 0.15) is 17.8 Å². The Balaban J connectivity index is 1.83. The number of para-hydroxylation sites is 1. The van der Waals surface area contributed by atoms with Gasteiger partial charge in [0.2, 0.25) is 5.88 Å². The number of esters is 2. The second kappa shape index (κ2) is 9.37. The maximum absolute atomic E-state index is 12.2. The number of ether oxygens (including phenoxy) is 3. The third-order valence-electron chi connectivity index (χ3n) is 4.01. The number of carbonyl (C=O) groups excluding carboxylic acids is 2. The molecule has 154 valence electrons. The van der Waals surface area contributed by atoms with E-state index in [4.69, 9.17) is 15.2 Å². The molecule has 0 unspecified atom stereocenters. The van der Waals surface area contributed by atoms with Gasteiger partial charge in [0.25, 0.3) is 0 Å². The minimum atomic E-state index is -0.463. The predicted molar refractivity (Wildman–Crippen MR) is 110 cm³/mol. The maximum Gasteiger partial charge on any atom is 0.340 e. The summed E-state index contributed by atoms with van der Waals surface area (Å²) in [4.78, 5) is 31.9. The van der Waals surface area contributed by atoms with Crippen LogP contribution in [0.25, 0.3) is 0 Å². The number of nitrogen functional groups attached to an aromatic ring is 1. The van der Waals surface area contributed by atoms with Gasteiger partial charge in [-0.15, -0.1) is 0 Å². The highest BCUT2D eigenvalue weighted by Crippen LogP contribution is 2.32. The highest BCUT2D eigenvalue weighted by Gasteiger charge is 2.16. The molecule has 9 heteroatoms. The van der Waals surface area contributed by atoms with Crippen molar-refractivity contribution in [3.05, 3.63) is 66.0 Å². The predicted octanol–water partition coefficient (Wildman–Crippen LogP) is 3.56.